The highest BCUT2D eigenvalue weighted by Crippen LogP contribution is 2.44. The molecule has 6 nitrogen and oxygen atoms in total. The van der Waals surface area contributed by atoms with Gasteiger partial charge in [-0.3, -0.25) is 14.9 Å². The quantitative estimate of drug-likeness (QED) is 0.534. The monoisotopic (exact) mass is 449 g/mol. The predicted octanol–water partition coefficient (Wildman–Crippen LogP) is 4.91. The summed E-state index contributed by atoms with van der Waals surface area (Å²) in [4.78, 5) is 41.1. The Morgan fingerprint density at radius 3 is 2.45 bits per heavy atom. The third-order valence-electron chi connectivity index (χ3n) is 6.51. The van der Waals surface area contributed by atoms with Crippen LogP contribution in [0.5, 0.6) is 0 Å². The van der Waals surface area contributed by atoms with Crippen molar-refractivity contribution in [2.24, 2.45) is 0 Å². The molecule has 2 aliphatic heterocycles. The van der Waals surface area contributed by atoms with Gasteiger partial charge in [-0.15, -0.1) is 0 Å². The number of barbiturate groups is 1. The van der Waals surface area contributed by atoms with Crippen LogP contribution in [0.3, 0.4) is 0 Å². The van der Waals surface area contributed by atoms with Crippen molar-refractivity contribution in [2.75, 3.05) is 16.3 Å². The van der Waals surface area contributed by atoms with Gasteiger partial charge in [0.15, 0.2) is 0 Å². The van der Waals surface area contributed by atoms with Gasteiger partial charge in [0.05, 0.1) is 5.69 Å². The number of nitrogens with zero attached hydrogens (tertiary/aromatic N) is 2. The Labute approximate surface area is 193 Å². The van der Waals surface area contributed by atoms with Gasteiger partial charge in [0.2, 0.25) is 0 Å². The first-order valence-corrected chi connectivity index (χ1v) is 11.1. The van der Waals surface area contributed by atoms with Crippen molar-refractivity contribution in [1.29, 1.82) is 0 Å². The minimum Gasteiger partial charge on any atom is -0.366 e. The molecular weight excluding hydrogens is 421 g/mol. The topological polar surface area (TPSA) is 69.7 Å². The number of carbonyl (C=O) groups excluding carboxylic acids is 3. The summed E-state index contributed by atoms with van der Waals surface area (Å²) in [5.74, 6) is -1.97. The fraction of sp³-hybridized carbons (Fsp3) is 0.346. The number of amides is 4. The molecule has 1 N–H and O–H groups in total. The first kappa shape index (κ1) is 22.7. The minimum atomic E-state index is -0.838. The van der Waals surface area contributed by atoms with E-state index < -0.39 is 23.7 Å². The molecule has 1 unspecified atom stereocenters. The summed E-state index contributed by atoms with van der Waals surface area (Å²) < 4.78 is 15.2. The number of hydrogen-bond acceptors (Lipinski definition) is 4. The molecule has 2 heterocycles. The Hall–Kier alpha value is -3.48. The zero-order valence-corrected chi connectivity index (χ0v) is 19.5. The van der Waals surface area contributed by atoms with Crippen LogP contribution in [-0.4, -0.2) is 29.9 Å². The molecule has 0 aromatic heterocycles. The third-order valence-corrected chi connectivity index (χ3v) is 6.51. The van der Waals surface area contributed by atoms with Crippen LogP contribution in [0.25, 0.3) is 6.08 Å². The second kappa shape index (κ2) is 8.14. The van der Waals surface area contributed by atoms with Gasteiger partial charge in [0.25, 0.3) is 11.8 Å². The summed E-state index contributed by atoms with van der Waals surface area (Å²) in [6.07, 6.45) is 2.13. The highest BCUT2D eigenvalue weighted by atomic mass is 19.1. The van der Waals surface area contributed by atoms with Gasteiger partial charge in [-0.25, -0.2) is 14.1 Å². The maximum Gasteiger partial charge on any atom is 0.335 e. The second-order valence-corrected chi connectivity index (χ2v) is 9.39. The number of aryl methyl sites for hydroxylation is 1. The number of hydrogen-bond donors (Lipinski definition) is 1. The first-order chi connectivity index (χ1) is 15.5. The number of benzene rings is 2. The average Bonchev–Trinajstić information content (AvgIpc) is 2.72. The third kappa shape index (κ3) is 3.92. The Kier molecular flexibility index (Phi) is 5.60. The molecule has 0 radical (unpaired) electrons. The SMILES string of the molecule is CCN1c2cc(F)c(/C=C3/C(=O)NC(=O)N(c4ccc(C)cc4)C3=O)cc2C(C)CC1(C)C. The van der Waals surface area contributed by atoms with Gasteiger partial charge in [0, 0.05) is 23.3 Å². The number of halogens is 1. The number of rotatable bonds is 3. The van der Waals surface area contributed by atoms with Crippen molar-refractivity contribution in [3.8, 4) is 0 Å². The molecule has 0 saturated carbocycles. The van der Waals surface area contributed by atoms with Gasteiger partial charge < -0.3 is 4.90 Å². The molecule has 0 bridgehead atoms. The molecule has 1 fully saturated rings. The van der Waals surface area contributed by atoms with Gasteiger partial charge >= 0.3 is 6.03 Å². The van der Waals surface area contributed by atoms with Crippen molar-refractivity contribution in [1.82, 2.24) is 5.32 Å². The lowest BCUT2D eigenvalue weighted by molar-refractivity contribution is -0.122. The number of carbonyl (C=O) groups is 3. The lowest BCUT2D eigenvalue weighted by Gasteiger charge is -2.47. The summed E-state index contributed by atoms with van der Waals surface area (Å²) in [6, 6.07) is 9.16. The van der Waals surface area contributed by atoms with Crippen LogP contribution < -0.4 is 15.1 Å². The summed E-state index contributed by atoms with van der Waals surface area (Å²) in [7, 11) is 0. The molecule has 0 spiro atoms. The van der Waals surface area contributed by atoms with Crippen LogP contribution in [0.15, 0.2) is 42.0 Å². The normalized spacial score (nSPS) is 21.3. The van der Waals surface area contributed by atoms with Gasteiger partial charge in [-0.2, -0.15) is 0 Å². The molecule has 7 heteroatoms. The molecule has 0 aliphatic carbocycles. The number of imide groups is 2. The molecule has 1 atom stereocenters. The summed E-state index contributed by atoms with van der Waals surface area (Å²) in [5.41, 5.74) is 2.85. The van der Waals surface area contributed by atoms with Crippen LogP contribution in [0.4, 0.5) is 20.6 Å². The average molecular weight is 450 g/mol. The van der Waals surface area contributed by atoms with E-state index in [-0.39, 0.29) is 22.6 Å². The molecule has 172 valence electrons. The molecule has 1 saturated heterocycles. The van der Waals surface area contributed by atoms with Gasteiger partial charge in [-0.1, -0.05) is 24.6 Å². The van der Waals surface area contributed by atoms with E-state index in [9.17, 15) is 14.4 Å². The maximum absolute atomic E-state index is 15.2. The van der Waals surface area contributed by atoms with Crippen LogP contribution in [0.2, 0.25) is 0 Å². The standard InChI is InChI=1S/C26H28FN3O3/c1-6-29-22-13-21(27)17(11-19(22)16(3)14-26(29,4)5)12-20-23(31)28-25(33)30(24(20)32)18-9-7-15(2)8-10-18/h7-13,16H,6,14H2,1-5H3,(H,28,31,33)/b20-12-. The second-order valence-electron chi connectivity index (χ2n) is 9.39. The van der Waals surface area contributed by atoms with Crippen molar-refractivity contribution >= 4 is 35.3 Å². The number of fused-ring (bicyclic) bond motifs is 1. The molecule has 4 amide bonds. The van der Waals surface area contributed by atoms with Gasteiger partial charge in [0.1, 0.15) is 11.4 Å². The van der Waals surface area contributed by atoms with E-state index in [0.29, 0.717) is 5.69 Å². The fourth-order valence-corrected chi connectivity index (χ4v) is 4.97. The lowest BCUT2D eigenvalue weighted by atomic mass is 9.79. The molecule has 4 rings (SSSR count). The van der Waals surface area contributed by atoms with Crippen molar-refractivity contribution < 1.29 is 18.8 Å². The van der Waals surface area contributed by atoms with E-state index in [2.05, 4.69) is 31.0 Å². The van der Waals surface area contributed by atoms with E-state index in [1.54, 1.807) is 30.3 Å². The lowest BCUT2D eigenvalue weighted by Crippen LogP contribution is -2.54. The number of anilines is 2. The summed E-state index contributed by atoms with van der Waals surface area (Å²) in [6.45, 7) is 11.0. The molecular formula is C26H28FN3O3. The Bertz CT molecular complexity index is 1180. The van der Waals surface area contributed by atoms with Crippen molar-refractivity contribution in [2.45, 2.75) is 52.5 Å². The Morgan fingerprint density at radius 2 is 1.82 bits per heavy atom. The van der Waals surface area contributed by atoms with Gasteiger partial charge in [-0.05, 0) is 75.9 Å². The first-order valence-electron chi connectivity index (χ1n) is 11.1. The zero-order chi connectivity index (χ0) is 24.1. The largest absolute Gasteiger partial charge is 0.366 e. The van der Waals surface area contributed by atoms with Crippen molar-refractivity contribution in [3.05, 3.63) is 64.5 Å². The molecule has 33 heavy (non-hydrogen) atoms. The Balaban J connectivity index is 1.77. The fourth-order valence-electron chi connectivity index (χ4n) is 4.97. The maximum atomic E-state index is 15.2. The van der Waals surface area contributed by atoms with E-state index in [0.717, 1.165) is 34.7 Å². The number of urea groups is 1. The van der Waals surface area contributed by atoms with Crippen LogP contribution in [0, 0.1) is 12.7 Å². The molecule has 2 aromatic rings. The van der Waals surface area contributed by atoms with E-state index >= 15 is 4.39 Å². The number of nitrogens with one attached hydrogen (secondary N) is 1. The smallest absolute Gasteiger partial charge is 0.335 e. The highest BCUT2D eigenvalue weighted by Gasteiger charge is 2.38. The Morgan fingerprint density at radius 1 is 1.15 bits per heavy atom. The van der Waals surface area contributed by atoms with Crippen molar-refractivity contribution in [3.63, 3.8) is 0 Å². The predicted molar refractivity (Wildman–Crippen MR) is 127 cm³/mol. The van der Waals surface area contributed by atoms with E-state index in [1.807, 2.05) is 13.8 Å². The van der Waals surface area contributed by atoms with E-state index in [1.165, 1.54) is 12.1 Å². The van der Waals surface area contributed by atoms with Crippen LogP contribution in [-0.2, 0) is 9.59 Å². The van der Waals surface area contributed by atoms with Crippen LogP contribution in [0.1, 0.15) is 56.7 Å². The molecule has 2 aliphatic rings. The molecule has 2 aromatic carbocycles. The summed E-state index contributed by atoms with van der Waals surface area (Å²) in [5, 5.41) is 2.19. The minimum absolute atomic E-state index is 0.109. The summed E-state index contributed by atoms with van der Waals surface area (Å²) >= 11 is 0. The highest BCUT2D eigenvalue weighted by molar-refractivity contribution is 6.39. The van der Waals surface area contributed by atoms with Crippen LogP contribution >= 0.6 is 0 Å². The zero-order valence-electron chi connectivity index (χ0n) is 19.5. The van der Waals surface area contributed by atoms with E-state index in [4.69, 9.17) is 0 Å².